The van der Waals surface area contributed by atoms with Gasteiger partial charge < -0.3 is 9.67 Å². The van der Waals surface area contributed by atoms with Crippen LogP contribution in [0.15, 0.2) is 60.2 Å². The Morgan fingerprint density at radius 1 is 1.00 bits per heavy atom. The molecule has 1 aliphatic rings. The molecule has 2 N–H and O–H groups in total. The summed E-state index contributed by atoms with van der Waals surface area (Å²) in [6, 6.07) is 12.5. The molecular weight excluding hydrogens is 401 g/mol. The van der Waals surface area contributed by atoms with Gasteiger partial charge in [0, 0.05) is 11.4 Å². The number of carbonyl (C=O) groups is 3. The Labute approximate surface area is 177 Å². The summed E-state index contributed by atoms with van der Waals surface area (Å²) in [5.41, 5.74) is 2.51. The molecular formula is C23H18FN3O4. The molecule has 4 amide bonds. The van der Waals surface area contributed by atoms with E-state index in [4.69, 9.17) is 0 Å². The molecule has 1 aromatic heterocycles. The van der Waals surface area contributed by atoms with Crippen molar-refractivity contribution in [2.45, 2.75) is 13.8 Å². The Hall–Kier alpha value is -4.20. The highest BCUT2D eigenvalue weighted by Gasteiger charge is 2.37. The van der Waals surface area contributed by atoms with E-state index in [0.717, 1.165) is 22.7 Å². The number of halogens is 1. The molecule has 4 rings (SSSR count). The first-order valence-corrected chi connectivity index (χ1v) is 9.42. The predicted octanol–water partition coefficient (Wildman–Crippen LogP) is 3.61. The van der Waals surface area contributed by atoms with Crippen molar-refractivity contribution >= 4 is 29.6 Å². The molecule has 0 unspecified atom stereocenters. The first-order valence-electron chi connectivity index (χ1n) is 9.42. The number of amides is 4. The smallest absolute Gasteiger partial charge is 0.335 e. The standard InChI is InChI=1S/C23H18FN3O4/c1-13-11-15(14(2)26(13)19-5-3-4-6-20(19)28)12-18-21(29)25-23(31)27(22(18)30)17-9-7-16(24)8-10-17/h3-12,28H,1-2H3,(H,25,29,31). The summed E-state index contributed by atoms with van der Waals surface area (Å²) in [6.07, 6.45) is 1.40. The zero-order chi connectivity index (χ0) is 22.3. The lowest BCUT2D eigenvalue weighted by atomic mass is 10.1. The van der Waals surface area contributed by atoms with E-state index in [0.29, 0.717) is 16.9 Å². The van der Waals surface area contributed by atoms with Crippen LogP contribution in [0, 0.1) is 19.7 Å². The SMILES string of the molecule is Cc1cc(C=C2C(=O)NC(=O)N(c3ccc(F)cc3)C2=O)c(C)n1-c1ccccc1O. The van der Waals surface area contributed by atoms with Gasteiger partial charge in [0.1, 0.15) is 17.1 Å². The van der Waals surface area contributed by atoms with E-state index >= 15 is 0 Å². The van der Waals surface area contributed by atoms with Crippen LogP contribution in [-0.4, -0.2) is 27.5 Å². The zero-order valence-electron chi connectivity index (χ0n) is 16.7. The summed E-state index contributed by atoms with van der Waals surface area (Å²) >= 11 is 0. The number of aromatic hydroxyl groups is 1. The van der Waals surface area contributed by atoms with E-state index < -0.39 is 23.7 Å². The Morgan fingerprint density at radius 2 is 1.68 bits per heavy atom. The number of barbiturate groups is 1. The number of phenols is 1. The maximum absolute atomic E-state index is 13.2. The second kappa shape index (κ2) is 7.56. The molecule has 0 spiro atoms. The molecule has 2 aromatic carbocycles. The second-order valence-electron chi connectivity index (χ2n) is 7.08. The van der Waals surface area contributed by atoms with Crippen LogP contribution in [0.3, 0.4) is 0 Å². The molecule has 31 heavy (non-hydrogen) atoms. The van der Waals surface area contributed by atoms with Gasteiger partial charge in [0.2, 0.25) is 0 Å². The van der Waals surface area contributed by atoms with Crippen molar-refractivity contribution in [2.75, 3.05) is 4.90 Å². The molecule has 1 saturated heterocycles. The lowest BCUT2D eigenvalue weighted by Gasteiger charge is -2.26. The van der Waals surface area contributed by atoms with Gasteiger partial charge in [-0.15, -0.1) is 0 Å². The topological polar surface area (TPSA) is 91.6 Å². The number of aryl methyl sites for hydroxylation is 1. The number of nitrogens with one attached hydrogen (secondary N) is 1. The molecule has 2 heterocycles. The van der Waals surface area contributed by atoms with Gasteiger partial charge >= 0.3 is 6.03 Å². The fourth-order valence-corrected chi connectivity index (χ4v) is 3.60. The number of benzene rings is 2. The van der Waals surface area contributed by atoms with Gasteiger partial charge in [-0.3, -0.25) is 14.9 Å². The van der Waals surface area contributed by atoms with Crippen LogP contribution in [0.25, 0.3) is 11.8 Å². The molecule has 8 heteroatoms. The second-order valence-corrected chi connectivity index (χ2v) is 7.08. The zero-order valence-corrected chi connectivity index (χ0v) is 16.7. The first-order chi connectivity index (χ1) is 14.8. The number of aromatic nitrogens is 1. The number of rotatable bonds is 3. The van der Waals surface area contributed by atoms with E-state index in [-0.39, 0.29) is 17.0 Å². The van der Waals surface area contributed by atoms with Crippen LogP contribution >= 0.6 is 0 Å². The number of imide groups is 2. The molecule has 7 nitrogen and oxygen atoms in total. The number of urea groups is 1. The largest absolute Gasteiger partial charge is 0.506 e. The average molecular weight is 419 g/mol. The van der Waals surface area contributed by atoms with Gasteiger partial charge in [-0.2, -0.15) is 0 Å². The highest BCUT2D eigenvalue weighted by Crippen LogP contribution is 2.29. The van der Waals surface area contributed by atoms with Gasteiger partial charge in [0.25, 0.3) is 11.8 Å². The molecule has 156 valence electrons. The molecule has 0 atom stereocenters. The average Bonchev–Trinajstić information content (AvgIpc) is 3.00. The van der Waals surface area contributed by atoms with Crippen molar-refractivity contribution in [3.63, 3.8) is 0 Å². The fraction of sp³-hybridized carbons (Fsp3) is 0.0870. The van der Waals surface area contributed by atoms with Gasteiger partial charge in [-0.1, -0.05) is 12.1 Å². The summed E-state index contributed by atoms with van der Waals surface area (Å²) in [7, 11) is 0. The van der Waals surface area contributed by atoms with Crippen LogP contribution in [-0.2, 0) is 9.59 Å². The van der Waals surface area contributed by atoms with Crippen LogP contribution < -0.4 is 10.2 Å². The third-order valence-electron chi connectivity index (χ3n) is 5.08. The summed E-state index contributed by atoms with van der Waals surface area (Å²) in [4.78, 5) is 38.5. The van der Waals surface area contributed by atoms with Crippen LogP contribution in [0.4, 0.5) is 14.9 Å². The maximum atomic E-state index is 13.2. The van der Waals surface area contributed by atoms with Crippen molar-refractivity contribution in [3.8, 4) is 11.4 Å². The van der Waals surface area contributed by atoms with Crippen molar-refractivity contribution in [1.29, 1.82) is 0 Å². The Morgan fingerprint density at radius 3 is 2.35 bits per heavy atom. The quantitative estimate of drug-likeness (QED) is 0.501. The maximum Gasteiger partial charge on any atom is 0.335 e. The molecule has 1 aliphatic heterocycles. The fourth-order valence-electron chi connectivity index (χ4n) is 3.60. The molecule has 3 aromatic rings. The lowest BCUT2D eigenvalue weighted by Crippen LogP contribution is -2.54. The van der Waals surface area contributed by atoms with Gasteiger partial charge in [0.05, 0.1) is 11.4 Å². The minimum atomic E-state index is -0.904. The van der Waals surface area contributed by atoms with Crippen LogP contribution in [0.2, 0.25) is 0 Å². The number of phenolic OH excluding ortho intramolecular Hbond substituents is 1. The van der Waals surface area contributed by atoms with Gasteiger partial charge in [-0.25, -0.2) is 14.1 Å². The van der Waals surface area contributed by atoms with Crippen molar-refractivity contribution in [3.05, 3.63) is 82.9 Å². The Balaban J connectivity index is 1.77. The minimum Gasteiger partial charge on any atom is -0.506 e. The number of hydrogen-bond acceptors (Lipinski definition) is 4. The summed E-state index contributed by atoms with van der Waals surface area (Å²) in [6.45, 7) is 3.62. The molecule has 0 radical (unpaired) electrons. The monoisotopic (exact) mass is 419 g/mol. The molecule has 0 saturated carbocycles. The predicted molar refractivity (Wildman–Crippen MR) is 112 cm³/mol. The van der Waals surface area contributed by atoms with E-state index in [1.807, 2.05) is 6.92 Å². The van der Waals surface area contributed by atoms with Gasteiger partial charge in [0.15, 0.2) is 0 Å². The van der Waals surface area contributed by atoms with Crippen molar-refractivity contribution < 1.29 is 23.9 Å². The summed E-state index contributed by atoms with van der Waals surface area (Å²) < 4.78 is 15.0. The molecule has 0 aliphatic carbocycles. The third-order valence-corrected chi connectivity index (χ3v) is 5.08. The van der Waals surface area contributed by atoms with Crippen molar-refractivity contribution in [1.82, 2.24) is 9.88 Å². The highest BCUT2D eigenvalue weighted by atomic mass is 19.1. The Kier molecular flexibility index (Phi) is 4.90. The number of anilines is 1. The molecule has 1 fully saturated rings. The van der Waals surface area contributed by atoms with Crippen LogP contribution in [0.1, 0.15) is 17.0 Å². The number of carbonyl (C=O) groups excluding carboxylic acids is 3. The minimum absolute atomic E-state index is 0.0862. The first kappa shape index (κ1) is 20.1. The highest BCUT2D eigenvalue weighted by molar-refractivity contribution is 6.39. The van der Waals surface area contributed by atoms with Crippen molar-refractivity contribution in [2.24, 2.45) is 0 Å². The van der Waals surface area contributed by atoms with E-state index in [1.165, 1.54) is 18.2 Å². The van der Waals surface area contributed by atoms with Crippen LogP contribution in [0.5, 0.6) is 5.75 Å². The van der Waals surface area contributed by atoms with E-state index in [1.54, 1.807) is 41.8 Å². The van der Waals surface area contributed by atoms with E-state index in [2.05, 4.69) is 5.32 Å². The number of nitrogens with zero attached hydrogens (tertiary/aromatic N) is 2. The normalized spacial score (nSPS) is 15.5. The summed E-state index contributed by atoms with van der Waals surface area (Å²) in [5.74, 6) is -2.06. The number of hydrogen-bond donors (Lipinski definition) is 2. The third kappa shape index (κ3) is 3.48. The number of para-hydroxylation sites is 2. The molecule has 0 bridgehead atoms. The lowest BCUT2D eigenvalue weighted by molar-refractivity contribution is -0.122. The Bertz CT molecular complexity index is 1260. The summed E-state index contributed by atoms with van der Waals surface area (Å²) in [5, 5.41) is 12.4. The van der Waals surface area contributed by atoms with E-state index in [9.17, 15) is 23.9 Å². The van der Waals surface area contributed by atoms with Gasteiger partial charge in [-0.05, 0) is 68.0 Å².